The number of carbonyl (C=O) groups excluding carboxylic acids is 1. The Morgan fingerprint density at radius 1 is 1.14 bits per heavy atom. The Morgan fingerprint density at radius 3 is 2.42 bits per heavy atom. The highest BCUT2D eigenvalue weighted by atomic mass is 79.9. The number of carbonyl (C=O) groups is 1. The second-order valence-electron chi connectivity index (χ2n) is 8.70. The maximum absolute atomic E-state index is 13.6. The lowest BCUT2D eigenvalue weighted by atomic mass is 10.00. The summed E-state index contributed by atoms with van der Waals surface area (Å²) >= 11 is 9.65. The quantitative estimate of drug-likeness (QED) is 0.262. The first-order valence-electron chi connectivity index (χ1n) is 11.1. The number of halogens is 3. The number of fused-ring (bicyclic) bond motifs is 1. The van der Waals surface area contributed by atoms with Gasteiger partial charge in [0.25, 0.3) is 5.91 Å². The van der Waals surface area contributed by atoms with Gasteiger partial charge >= 0.3 is 0 Å². The minimum atomic E-state index is -3.78. The topological polar surface area (TPSA) is 79.6 Å². The highest BCUT2D eigenvalue weighted by molar-refractivity contribution is 9.10. The number of nitrogens with one attached hydrogen (secondary N) is 1. The average Bonchev–Trinajstić information content (AvgIpc) is 3.61. The normalized spacial score (nSPS) is 13.7. The number of furan rings is 1. The first-order valence-corrected chi connectivity index (χ1v) is 14.1. The first-order chi connectivity index (χ1) is 17.1. The monoisotopic (exact) mass is 590 g/mol. The van der Waals surface area contributed by atoms with Crippen LogP contribution in [-0.2, 0) is 10.0 Å². The predicted octanol–water partition coefficient (Wildman–Crippen LogP) is 6.99. The molecule has 0 aliphatic heterocycles. The van der Waals surface area contributed by atoms with Crippen LogP contribution in [0, 0.1) is 5.82 Å². The van der Waals surface area contributed by atoms with Gasteiger partial charge < -0.3 is 9.73 Å². The van der Waals surface area contributed by atoms with Crippen molar-refractivity contribution in [1.82, 2.24) is 5.32 Å². The summed E-state index contributed by atoms with van der Waals surface area (Å²) in [4.78, 5) is 12.9. The van der Waals surface area contributed by atoms with E-state index in [-0.39, 0.29) is 17.6 Å². The zero-order valence-corrected chi connectivity index (χ0v) is 22.5. The molecule has 1 amide bonds. The number of hydrogen-bond acceptors (Lipinski definition) is 4. The summed E-state index contributed by atoms with van der Waals surface area (Å²) in [5.41, 5.74) is 2.79. The van der Waals surface area contributed by atoms with Gasteiger partial charge in [0.15, 0.2) is 0 Å². The van der Waals surface area contributed by atoms with Crippen LogP contribution in [0.4, 0.5) is 15.8 Å². The molecular weight excluding hydrogens is 571 g/mol. The fraction of sp³-hybridized carbons (Fsp3) is 0.192. The molecule has 0 bridgehead atoms. The molecule has 1 saturated carbocycles. The van der Waals surface area contributed by atoms with Crippen LogP contribution in [-0.4, -0.2) is 27.6 Å². The van der Waals surface area contributed by atoms with Gasteiger partial charge in [-0.2, -0.15) is 0 Å². The average molecular weight is 592 g/mol. The number of nitrogens with zero attached hydrogens (tertiary/aromatic N) is 1. The van der Waals surface area contributed by atoms with Crippen LogP contribution in [0.15, 0.2) is 63.5 Å². The molecule has 0 radical (unpaired) electrons. The number of amides is 1. The van der Waals surface area contributed by atoms with E-state index in [0.29, 0.717) is 43.0 Å². The molecule has 4 aromatic rings. The van der Waals surface area contributed by atoms with E-state index in [4.69, 9.17) is 16.0 Å². The van der Waals surface area contributed by atoms with Crippen LogP contribution in [0.5, 0.6) is 0 Å². The van der Waals surface area contributed by atoms with Crippen LogP contribution in [0.1, 0.15) is 34.7 Å². The van der Waals surface area contributed by atoms with Crippen LogP contribution in [0.2, 0.25) is 5.02 Å². The predicted molar refractivity (Wildman–Crippen MR) is 143 cm³/mol. The van der Waals surface area contributed by atoms with Crippen LogP contribution in [0.25, 0.3) is 22.3 Å². The van der Waals surface area contributed by atoms with Gasteiger partial charge in [0.2, 0.25) is 10.0 Å². The summed E-state index contributed by atoms with van der Waals surface area (Å²) in [6.45, 7) is 0. The van der Waals surface area contributed by atoms with Gasteiger partial charge in [0, 0.05) is 28.5 Å². The molecule has 1 aliphatic carbocycles. The summed E-state index contributed by atoms with van der Waals surface area (Å²) in [6, 6.07) is 14.1. The number of hydrogen-bond donors (Lipinski definition) is 1. The molecule has 0 atom stereocenters. The Balaban J connectivity index is 1.80. The van der Waals surface area contributed by atoms with Crippen molar-refractivity contribution in [3.8, 4) is 11.3 Å². The molecule has 10 heteroatoms. The van der Waals surface area contributed by atoms with Crippen LogP contribution >= 0.6 is 27.5 Å². The van der Waals surface area contributed by atoms with E-state index in [1.54, 1.807) is 24.3 Å². The van der Waals surface area contributed by atoms with E-state index in [9.17, 15) is 17.6 Å². The number of benzene rings is 3. The van der Waals surface area contributed by atoms with Crippen molar-refractivity contribution in [2.24, 2.45) is 0 Å². The molecule has 1 fully saturated rings. The smallest absolute Gasteiger partial charge is 0.255 e. The van der Waals surface area contributed by atoms with Crippen molar-refractivity contribution in [2.45, 2.75) is 18.8 Å². The van der Waals surface area contributed by atoms with E-state index in [2.05, 4.69) is 21.2 Å². The zero-order chi connectivity index (χ0) is 25.8. The highest BCUT2D eigenvalue weighted by Crippen LogP contribution is 2.49. The van der Waals surface area contributed by atoms with Gasteiger partial charge in [-0.3, -0.25) is 4.79 Å². The summed E-state index contributed by atoms with van der Waals surface area (Å²) in [7, 11) is -2.26. The molecule has 1 aromatic heterocycles. The van der Waals surface area contributed by atoms with Crippen molar-refractivity contribution in [3.05, 3.63) is 81.0 Å². The Kier molecular flexibility index (Phi) is 6.34. The van der Waals surface area contributed by atoms with Crippen molar-refractivity contribution in [1.29, 1.82) is 0 Å². The lowest BCUT2D eigenvalue weighted by Gasteiger charge is -2.25. The molecule has 5 rings (SSSR count). The summed E-state index contributed by atoms with van der Waals surface area (Å²) in [5.74, 6) is -0.351. The largest absolute Gasteiger partial charge is 0.455 e. The molecule has 1 N–H and O–H groups in total. The molecule has 0 saturated heterocycles. The highest BCUT2D eigenvalue weighted by Gasteiger charge is 2.34. The fourth-order valence-corrected chi connectivity index (χ4v) is 5.76. The third-order valence-corrected chi connectivity index (χ3v) is 8.41. The molecule has 3 aromatic carbocycles. The summed E-state index contributed by atoms with van der Waals surface area (Å²) in [5, 5.41) is 3.57. The second-order valence-corrected chi connectivity index (χ2v) is 11.8. The van der Waals surface area contributed by atoms with Gasteiger partial charge in [-0.05, 0) is 88.8 Å². The van der Waals surface area contributed by atoms with Gasteiger partial charge in [0.05, 0.1) is 28.2 Å². The van der Waals surface area contributed by atoms with Crippen molar-refractivity contribution < 1.29 is 22.0 Å². The van der Waals surface area contributed by atoms with E-state index < -0.39 is 15.8 Å². The van der Waals surface area contributed by atoms with Gasteiger partial charge in [-0.25, -0.2) is 17.1 Å². The summed E-state index contributed by atoms with van der Waals surface area (Å²) < 4.78 is 47.8. The molecule has 1 aliphatic rings. The minimum Gasteiger partial charge on any atom is -0.455 e. The molecular formula is C26H21BrClFN2O4S. The maximum Gasteiger partial charge on any atom is 0.255 e. The lowest BCUT2D eigenvalue weighted by Crippen LogP contribution is -2.25. The van der Waals surface area contributed by atoms with E-state index >= 15 is 0 Å². The van der Waals surface area contributed by atoms with Gasteiger partial charge in [-0.15, -0.1) is 0 Å². The lowest BCUT2D eigenvalue weighted by molar-refractivity contribution is 0.0964. The fourth-order valence-electron chi connectivity index (χ4n) is 4.32. The third-order valence-electron chi connectivity index (χ3n) is 6.10. The van der Waals surface area contributed by atoms with Crippen molar-refractivity contribution >= 4 is 65.8 Å². The molecule has 1 heterocycles. The Labute approximate surface area is 221 Å². The first kappa shape index (κ1) is 24.8. The van der Waals surface area contributed by atoms with Crippen LogP contribution < -0.4 is 9.62 Å². The minimum absolute atomic E-state index is 0.140. The van der Waals surface area contributed by atoms with Gasteiger partial charge in [0.1, 0.15) is 17.2 Å². The van der Waals surface area contributed by atoms with E-state index in [1.165, 1.54) is 35.6 Å². The number of rotatable bonds is 6. The molecule has 36 heavy (non-hydrogen) atoms. The Bertz CT molecular complexity index is 1620. The Morgan fingerprint density at radius 2 is 1.83 bits per heavy atom. The molecule has 6 nitrogen and oxygen atoms in total. The second kappa shape index (κ2) is 9.21. The Hall–Kier alpha value is -2.88. The maximum atomic E-state index is 13.6. The SMILES string of the molecule is CNC(=O)c1c(-c2ccc(F)cc2)oc2cc(N(c3ccc(Br)c(Cl)c3)S(C)(=O)=O)c(C3CC3)cc12. The number of sulfonamides is 1. The number of anilines is 2. The van der Waals surface area contributed by atoms with E-state index in [0.717, 1.165) is 24.7 Å². The molecule has 186 valence electrons. The standard InChI is InChI=1S/C26H21BrClFN2O4S/c1-30-26(32)24-19-12-18(14-3-4-14)22(13-23(19)35-25(24)15-5-7-16(29)8-6-15)31(36(2,33)34)17-9-10-20(27)21(28)11-17/h5-14H,3-4H2,1-2H3,(H,30,32). The van der Waals surface area contributed by atoms with Crippen molar-refractivity contribution in [2.75, 3.05) is 17.6 Å². The summed E-state index contributed by atoms with van der Waals surface area (Å²) in [6.07, 6.45) is 2.93. The third kappa shape index (κ3) is 4.51. The van der Waals surface area contributed by atoms with Gasteiger partial charge in [-0.1, -0.05) is 11.6 Å². The molecule has 0 unspecified atom stereocenters. The van der Waals surface area contributed by atoms with Crippen molar-refractivity contribution in [3.63, 3.8) is 0 Å². The van der Waals surface area contributed by atoms with E-state index in [1.807, 2.05) is 6.07 Å². The molecule has 0 spiro atoms. The van der Waals surface area contributed by atoms with Crippen LogP contribution in [0.3, 0.4) is 0 Å². The zero-order valence-electron chi connectivity index (χ0n) is 19.3.